The number of piperidine rings is 1. The third kappa shape index (κ3) is 5.26. The van der Waals surface area contributed by atoms with E-state index in [0.29, 0.717) is 13.0 Å². The molecule has 1 aliphatic heterocycles. The highest BCUT2D eigenvalue weighted by Crippen LogP contribution is 2.25. The summed E-state index contributed by atoms with van der Waals surface area (Å²) in [5.74, 6) is 0.961. The molecule has 2 heterocycles. The van der Waals surface area contributed by atoms with Crippen LogP contribution in [0.4, 0.5) is 5.69 Å². The van der Waals surface area contributed by atoms with Gasteiger partial charge in [-0.15, -0.1) is 0 Å². The van der Waals surface area contributed by atoms with Gasteiger partial charge >= 0.3 is 0 Å². The second-order valence-electron chi connectivity index (χ2n) is 8.05. The van der Waals surface area contributed by atoms with E-state index in [1.807, 2.05) is 18.2 Å². The molecule has 154 valence electrons. The molecule has 0 bridgehead atoms. The van der Waals surface area contributed by atoms with Crippen molar-refractivity contribution in [3.8, 4) is 0 Å². The number of benzene rings is 1. The van der Waals surface area contributed by atoms with Crippen LogP contribution in [0.15, 0.2) is 41.0 Å². The minimum atomic E-state index is 0.0430. The number of rotatable bonds is 7. The summed E-state index contributed by atoms with van der Waals surface area (Å²) in [7, 11) is 0. The zero-order valence-corrected chi connectivity index (χ0v) is 16.8. The van der Waals surface area contributed by atoms with Gasteiger partial charge in [0.05, 0.1) is 12.8 Å². The molecule has 0 atom stereocenters. The molecule has 1 aliphatic carbocycles. The molecular weight excluding hydrogens is 366 g/mol. The van der Waals surface area contributed by atoms with Crippen molar-refractivity contribution in [1.82, 2.24) is 10.2 Å². The summed E-state index contributed by atoms with van der Waals surface area (Å²) in [6.45, 7) is 2.88. The molecule has 2 aromatic rings. The third-order valence-corrected chi connectivity index (χ3v) is 6.01. The first kappa shape index (κ1) is 19.7. The maximum absolute atomic E-state index is 12.3. The van der Waals surface area contributed by atoms with Crippen LogP contribution >= 0.6 is 0 Å². The summed E-state index contributed by atoms with van der Waals surface area (Å²) >= 11 is 0. The number of fused-ring (bicyclic) bond motifs is 1. The van der Waals surface area contributed by atoms with E-state index in [9.17, 15) is 9.59 Å². The van der Waals surface area contributed by atoms with Gasteiger partial charge in [0.15, 0.2) is 0 Å². The molecule has 1 saturated heterocycles. The second-order valence-corrected chi connectivity index (χ2v) is 8.05. The van der Waals surface area contributed by atoms with Crippen molar-refractivity contribution in [1.29, 1.82) is 0 Å². The van der Waals surface area contributed by atoms with Gasteiger partial charge < -0.3 is 20.0 Å². The quantitative estimate of drug-likeness (QED) is 0.755. The van der Waals surface area contributed by atoms with Gasteiger partial charge in [-0.05, 0) is 80.6 Å². The van der Waals surface area contributed by atoms with E-state index < -0.39 is 0 Å². The monoisotopic (exact) mass is 395 g/mol. The Morgan fingerprint density at radius 2 is 1.93 bits per heavy atom. The summed E-state index contributed by atoms with van der Waals surface area (Å²) in [5.41, 5.74) is 3.69. The molecule has 2 N–H and O–H groups in total. The molecule has 0 saturated carbocycles. The van der Waals surface area contributed by atoms with Crippen LogP contribution in [0.2, 0.25) is 0 Å². The molecule has 6 nitrogen and oxygen atoms in total. The number of furan rings is 1. The Kier molecular flexibility index (Phi) is 6.30. The first-order valence-corrected chi connectivity index (χ1v) is 10.6. The number of hydrogen-bond acceptors (Lipinski definition) is 4. The summed E-state index contributed by atoms with van der Waals surface area (Å²) in [5, 5.41) is 5.98. The number of carbonyl (C=O) groups is 2. The molecule has 1 aromatic heterocycles. The predicted molar refractivity (Wildman–Crippen MR) is 111 cm³/mol. The van der Waals surface area contributed by atoms with Gasteiger partial charge in [-0.25, -0.2) is 0 Å². The van der Waals surface area contributed by atoms with E-state index in [4.69, 9.17) is 4.42 Å². The summed E-state index contributed by atoms with van der Waals surface area (Å²) in [4.78, 5) is 26.9. The minimum Gasteiger partial charge on any atom is -0.467 e. The van der Waals surface area contributed by atoms with Gasteiger partial charge in [0, 0.05) is 24.6 Å². The van der Waals surface area contributed by atoms with Crippen LogP contribution in [0.25, 0.3) is 0 Å². The molecule has 4 rings (SSSR count). The van der Waals surface area contributed by atoms with E-state index in [-0.39, 0.29) is 17.7 Å². The Balaban J connectivity index is 1.15. The lowest BCUT2D eigenvalue weighted by Crippen LogP contribution is -2.41. The maximum Gasteiger partial charge on any atom is 0.225 e. The molecule has 2 amide bonds. The van der Waals surface area contributed by atoms with Crippen LogP contribution in [-0.2, 0) is 29.0 Å². The summed E-state index contributed by atoms with van der Waals surface area (Å²) in [6, 6.07) is 9.94. The number of hydrogen-bond donors (Lipinski definition) is 2. The van der Waals surface area contributed by atoms with Gasteiger partial charge in [-0.1, -0.05) is 6.07 Å². The van der Waals surface area contributed by atoms with Crippen LogP contribution < -0.4 is 10.6 Å². The average molecular weight is 396 g/mol. The van der Waals surface area contributed by atoms with Crippen molar-refractivity contribution in [2.24, 2.45) is 5.92 Å². The molecule has 0 unspecified atom stereocenters. The van der Waals surface area contributed by atoms with E-state index >= 15 is 0 Å². The zero-order chi connectivity index (χ0) is 20.1. The molecule has 0 spiro atoms. The first-order valence-electron chi connectivity index (χ1n) is 10.6. The van der Waals surface area contributed by atoms with Gasteiger partial charge in [-0.3, -0.25) is 9.59 Å². The largest absolute Gasteiger partial charge is 0.467 e. The lowest BCUT2D eigenvalue weighted by atomic mass is 9.96. The van der Waals surface area contributed by atoms with Gasteiger partial charge in [-0.2, -0.15) is 0 Å². The van der Waals surface area contributed by atoms with Crippen LogP contribution in [-0.4, -0.2) is 36.3 Å². The molecule has 29 heavy (non-hydrogen) atoms. The Labute approximate surface area is 171 Å². The van der Waals surface area contributed by atoms with Gasteiger partial charge in [0.2, 0.25) is 11.8 Å². The first-order chi connectivity index (χ1) is 14.2. The lowest BCUT2D eigenvalue weighted by Gasteiger charge is -2.31. The van der Waals surface area contributed by atoms with Crippen molar-refractivity contribution in [3.63, 3.8) is 0 Å². The molecular formula is C23H29N3O3. The van der Waals surface area contributed by atoms with Crippen LogP contribution in [0.5, 0.6) is 0 Å². The summed E-state index contributed by atoms with van der Waals surface area (Å²) < 4.78 is 5.25. The highest BCUT2D eigenvalue weighted by molar-refractivity contribution is 5.91. The SMILES string of the molecule is O=C(CCN1CCC(C(=O)NCc2ccco2)CC1)Nc1ccc2c(c1)CCC2. The number of nitrogens with zero attached hydrogens (tertiary/aromatic N) is 1. The normalized spacial score (nSPS) is 17.1. The van der Waals surface area contributed by atoms with E-state index in [0.717, 1.165) is 56.8 Å². The molecule has 1 fully saturated rings. The average Bonchev–Trinajstić information content (AvgIpc) is 3.42. The molecule has 0 radical (unpaired) electrons. The molecule has 2 aliphatic rings. The second kappa shape index (κ2) is 9.27. The van der Waals surface area contributed by atoms with Crippen LogP contribution in [0, 0.1) is 5.92 Å². The fourth-order valence-corrected chi connectivity index (χ4v) is 4.28. The van der Waals surface area contributed by atoms with Crippen LogP contribution in [0.1, 0.15) is 42.6 Å². The Morgan fingerprint density at radius 3 is 2.72 bits per heavy atom. The third-order valence-electron chi connectivity index (χ3n) is 6.01. The lowest BCUT2D eigenvalue weighted by molar-refractivity contribution is -0.127. The topological polar surface area (TPSA) is 74.6 Å². The molecule has 6 heteroatoms. The van der Waals surface area contributed by atoms with Crippen LogP contribution in [0.3, 0.4) is 0 Å². The highest BCUT2D eigenvalue weighted by atomic mass is 16.3. The maximum atomic E-state index is 12.3. The number of nitrogens with one attached hydrogen (secondary N) is 2. The Bertz CT molecular complexity index is 839. The van der Waals surface area contributed by atoms with Gasteiger partial charge in [0.25, 0.3) is 0 Å². The Hall–Kier alpha value is -2.60. The van der Waals surface area contributed by atoms with Gasteiger partial charge in [0.1, 0.15) is 5.76 Å². The zero-order valence-electron chi connectivity index (χ0n) is 16.8. The fourth-order valence-electron chi connectivity index (χ4n) is 4.28. The highest BCUT2D eigenvalue weighted by Gasteiger charge is 2.25. The number of carbonyl (C=O) groups excluding carboxylic acids is 2. The molecule has 1 aromatic carbocycles. The van der Waals surface area contributed by atoms with Crippen molar-refractivity contribution >= 4 is 17.5 Å². The predicted octanol–water partition coefficient (Wildman–Crippen LogP) is 3.13. The number of aryl methyl sites for hydroxylation is 2. The van der Waals surface area contributed by atoms with Crippen molar-refractivity contribution in [2.45, 2.75) is 45.1 Å². The number of anilines is 1. The smallest absolute Gasteiger partial charge is 0.225 e. The van der Waals surface area contributed by atoms with E-state index in [2.05, 4.69) is 27.7 Å². The van der Waals surface area contributed by atoms with E-state index in [1.165, 1.54) is 17.5 Å². The summed E-state index contributed by atoms with van der Waals surface area (Å²) in [6.07, 6.45) is 7.23. The standard InChI is InChI=1S/C23H29N3O3/c27-22(25-20-7-6-17-3-1-4-19(17)15-20)10-13-26-11-8-18(9-12-26)23(28)24-16-21-5-2-14-29-21/h2,5-7,14-15,18H,1,3-4,8-13,16H2,(H,24,28)(H,25,27). The Morgan fingerprint density at radius 1 is 1.10 bits per heavy atom. The number of likely N-dealkylation sites (tertiary alicyclic amines) is 1. The van der Waals surface area contributed by atoms with Crippen molar-refractivity contribution in [2.75, 3.05) is 25.0 Å². The fraction of sp³-hybridized carbons (Fsp3) is 0.478. The number of amides is 2. The van der Waals surface area contributed by atoms with E-state index in [1.54, 1.807) is 6.26 Å². The van der Waals surface area contributed by atoms with Crippen molar-refractivity contribution in [3.05, 3.63) is 53.5 Å². The van der Waals surface area contributed by atoms with Crippen molar-refractivity contribution < 1.29 is 14.0 Å². The minimum absolute atomic E-state index is 0.0430.